The quantitative estimate of drug-likeness (QED) is 0.770. The number of benzene rings is 1. The molecule has 24 heavy (non-hydrogen) atoms. The maximum atomic E-state index is 11.9. The van der Waals surface area contributed by atoms with Gasteiger partial charge in [-0.1, -0.05) is 12.1 Å². The number of ether oxygens (including phenoxy) is 3. The Hall–Kier alpha value is -2.87. The van der Waals surface area contributed by atoms with E-state index in [-0.39, 0.29) is 18.2 Å². The minimum Gasteiger partial charge on any atom is -0.497 e. The van der Waals surface area contributed by atoms with Crippen LogP contribution in [0.25, 0.3) is 0 Å². The van der Waals surface area contributed by atoms with Gasteiger partial charge in [0.05, 0.1) is 20.8 Å². The first-order chi connectivity index (χ1) is 11.5. The number of esters is 1. The van der Waals surface area contributed by atoms with Gasteiger partial charge in [0.15, 0.2) is 5.69 Å². The van der Waals surface area contributed by atoms with Crippen molar-refractivity contribution in [1.29, 1.82) is 0 Å². The molecule has 128 valence electrons. The highest BCUT2D eigenvalue weighted by Crippen LogP contribution is 2.12. The molecular formula is C16H19N3O5. The standard InChI is InChI=1S/C16H19N3O5/c1-19-14(8-13(18-19)16(21)23-3)17-15(20)10-24-9-11-4-6-12(22-2)7-5-11/h4-8H,9-10H2,1-3H3,(H,17,20). The molecule has 1 aromatic carbocycles. The van der Waals surface area contributed by atoms with Gasteiger partial charge in [-0.3, -0.25) is 9.48 Å². The fourth-order valence-electron chi connectivity index (χ4n) is 1.95. The Labute approximate surface area is 139 Å². The number of hydrogen-bond acceptors (Lipinski definition) is 6. The summed E-state index contributed by atoms with van der Waals surface area (Å²) in [4.78, 5) is 23.3. The summed E-state index contributed by atoms with van der Waals surface area (Å²) in [6.45, 7) is 0.182. The van der Waals surface area contributed by atoms with E-state index in [1.54, 1.807) is 14.2 Å². The van der Waals surface area contributed by atoms with Crippen LogP contribution in [-0.4, -0.2) is 42.5 Å². The molecule has 0 aliphatic rings. The van der Waals surface area contributed by atoms with Gasteiger partial charge in [-0.05, 0) is 17.7 Å². The molecule has 0 bridgehead atoms. The lowest BCUT2D eigenvalue weighted by atomic mass is 10.2. The number of carbonyl (C=O) groups excluding carboxylic acids is 2. The maximum absolute atomic E-state index is 11.9. The van der Waals surface area contributed by atoms with Crippen molar-refractivity contribution in [3.8, 4) is 5.75 Å². The Morgan fingerprint density at radius 3 is 2.54 bits per heavy atom. The minimum atomic E-state index is -0.568. The summed E-state index contributed by atoms with van der Waals surface area (Å²) < 4.78 is 16.4. The zero-order chi connectivity index (χ0) is 17.5. The second-order valence-corrected chi connectivity index (χ2v) is 4.92. The molecule has 1 amide bonds. The number of anilines is 1. The predicted octanol–water partition coefficient (Wildman–Crippen LogP) is 1.37. The van der Waals surface area contributed by atoms with Gasteiger partial charge in [0.25, 0.3) is 5.91 Å². The van der Waals surface area contributed by atoms with E-state index in [0.717, 1.165) is 11.3 Å². The van der Waals surface area contributed by atoms with Crippen molar-refractivity contribution in [1.82, 2.24) is 9.78 Å². The highest BCUT2D eigenvalue weighted by molar-refractivity contribution is 5.93. The number of carbonyl (C=O) groups is 2. The van der Waals surface area contributed by atoms with Gasteiger partial charge in [0.2, 0.25) is 0 Å². The minimum absolute atomic E-state index is 0.120. The Kier molecular flexibility index (Phi) is 5.91. The van der Waals surface area contributed by atoms with Crippen molar-refractivity contribution >= 4 is 17.7 Å². The van der Waals surface area contributed by atoms with Crippen molar-refractivity contribution in [3.05, 3.63) is 41.6 Å². The van der Waals surface area contributed by atoms with Crippen molar-refractivity contribution in [2.24, 2.45) is 7.05 Å². The maximum Gasteiger partial charge on any atom is 0.358 e. The predicted molar refractivity (Wildman–Crippen MR) is 85.8 cm³/mol. The second kappa shape index (κ2) is 8.11. The molecular weight excluding hydrogens is 314 g/mol. The molecule has 8 nitrogen and oxygen atoms in total. The van der Waals surface area contributed by atoms with Crippen LogP contribution in [0.5, 0.6) is 5.75 Å². The molecule has 0 saturated heterocycles. The topological polar surface area (TPSA) is 91.7 Å². The molecule has 0 atom stereocenters. The Morgan fingerprint density at radius 2 is 1.92 bits per heavy atom. The number of nitrogens with zero attached hydrogens (tertiary/aromatic N) is 2. The molecule has 0 fully saturated rings. The molecule has 1 N–H and O–H groups in total. The van der Waals surface area contributed by atoms with Crippen LogP contribution in [0.4, 0.5) is 5.82 Å². The van der Waals surface area contributed by atoms with Crippen molar-refractivity contribution in [2.45, 2.75) is 6.61 Å². The Balaban J connectivity index is 1.82. The van der Waals surface area contributed by atoms with Crippen LogP contribution < -0.4 is 10.1 Å². The number of aryl methyl sites for hydroxylation is 1. The van der Waals surface area contributed by atoms with Gasteiger partial charge in [-0.15, -0.1) is 0 Å². The first-order valence-corrected chi connectivity index (χ1v) is 7.16. The van der Waals surface area contributed by atoms with E-state index < -0.39 is 5.97 Å². The van der Waals surface area contributed by atoms with E-state index in [9.17, 15) is 9.59 Å². The lowest BCUT2D eigenvalue weighted by molar-refractivity contribution is -0.121. The summed E-state index contributed by atoms with van der Waals surface area (Å²) in [6.07, 6.45) is 0. The number of methoxy groups -OCH3 is 2. The average Bonchev–Trinajstić information content (AvgIpc) is 2.95. The van der Waals surface area contributed by atoms with E-state index in [2.05, 4.69) is 15.2 Å². The fourth-order valence-corrected chi connectivity index (χ4v) is 1.95. The third kappa shape index (κ3) is 4.56. The van der Waals surface area contributed by atoms with Gasteiger partial charge < -0.3 is 19.5 Å². The number of nitrogens with one attached hydrogen (secondary N) is 1. The van der Waals surface area contributed by atoms with Gasteiger partial charge >= 0.3 is 5.97 Å². The first-order valence-electron chi connectivity index (χ1n) is 7.16. The van der Waals surface area contributed by atoms with Gasteiger partial charge in [-0.25, -0.2) is 4.79 Å². The molecule has 2 rings (SSSR count). The summed E-state index contributed by atoms with van der Waals surface area (Å²) >= 11 is 0. The molecule has 8 heteroatoms. The number of hydrogen-bond donors (Lipinski definition) is 1. The van der Waals surface area contributed by atoms with Crippen LogP contribution in [0.2, 0.25) is 0 Å². The van der Waals surface area contributed by atoms with Crippen LogP contribution in [0.3, 0.4) is 0 Å². The molecule has 0 aliphatic carbocycles. The summed E-state index contributed by atoms with van der Waals surface area (Å²) in [5.74, 6) is 0.229. The van der Waals surface area contributed by atoms with E-state index in [0.29, 0.717) is 12.4 Å². The number of rotatable bonds is 7. The molecule has 2 aromatic rings. The average molecular weight is 333 g/mol. The van der Waals surface area contributed by atoms with Crippen LogP contribution in [0.1, 0.15) is 16.1 Å². The first kappa shape index (κ1) is 17.5. The summed E-state index contributed by atoms with van der Waals surface area (Å²) in [5, 5.41) is 6.58. The zero-order valence-corrected chi connectivity index (χ0v) is 13.7. The van der Waals surface area contributed by atoms with Gasteiger partial charge in [0, 0.05) is 13.1 Å². The van der Waals surface area contributed by atoms with E-state index in [1.807, 2.05) is 24.3 Å². The molecule has 1 aromatic heterocycles. The van der Waals surface area contributed by atoms with Crippen molar-refractivity contribution in [3.63, 3.8) is 0 Å². The van der Waals surface area contributed by atoms with E-state index in [4.69, 9.17) is 9.47 Å². The molecule has 0 aliphatic heterocycles. The van der Waals surface area contributed by atoms with Crippen LogP contribution in [0.15, 0.2) is 30.3 Å². The third-order valence-corrected chi connectivity index (χ3v) is 3.20. The van der Waals surface area contributed by atoms with Crippen LogP contribution in [-0.2, 0) is 27.9 Å². The highest BCUT2D eigenvalue weighted by Gasteiger charge is 2.14. The zero-order valence-electron chi connectivity index (χ0n) is 13.7. The Morgan fingerprint density at radius 1 is 1.21 bits per heavy atom. The van der Waals surface area contributed by atoms with E-state index >= 15 is 0 Å². The SMILES string of the molecule is COC(=O)c1cc(NC(=O)COCc2ccc(OC)cc2)n(C)n1. The molecule has 0 saturated carbocycles. The van der Waals surface area contributed by atoms with Gasteiger partial charge in [0.1, 0.15) is 18.2 Å². The molecule has 0 spiro atoms. The van der Waals surface area contributed by atoms with E-state index in [1.165, 1.54) is 17.9 Å². The van der Waals surface area contributed by atoms with Gasteiger partial charge in [-0.2, -0.15) is 5.10 Å². The van der Waals surface area contributed by atoms with Crippen molar-refractivity contribution in [2.75, 3.05) is 26.1 Å². The Bertz CT molecular complexity index is 709. The number of aromatic nitrogens is 2. The fraction of sp³-hybridized carbons (Fsp3) is 0.312. The summed E-state index contributed by atoms with van der Waals surface area (Å²) in [7, 11) is 4.47. The normalized spacial score (nSPS) is 10.3. The monoisotopic (exact) mass is 333 g/mol. The van der Waals surface area contributed by atoms with Crippen LogP contribution >= 0.6 is 0 Å². The summed E-state index contributed by atoms with van der Waals surface area (Å²) in [6, 6.07) is 8.81. The van der Waals surface area contributed by atoms with Crippen LogP contribution in [0, 0.1) is 0 Å². The largest absolute Gasteiger partial charge is 0.497 e. The molecule has 0 unspecified atom stereocenters. The smallest absolute Gasteiger partial charge is 0.358 e. The second-order valence-electron chi connectivity index (χ2n) is 4.92. The highest BCUT2D eigenvalue weighted by atomic mass is 16.5. The third-order valence-electron chi connectivity index (χ3n) is 3.20. The lowest BCUT2D eigenvalue weighted by Gasteiger charge is -2.07. The summed E-state index contributed by atoms with van der Waals surface area (Å²) in [5.41, 5.74) is 1.05. The number of amides is 1. The lowest BCUT2D eigenvalue weighted by Crippen LogP contribution is -2.19. The molecule has 0 radical (unpaired) electrons. The van der Waals surface area contributed by atoms with Crippen molar-refractivity contribution < 1.29 is 23.8 Å². The molecule has 1 heterocycles.